The molecule has 0 bridgehead atoms. The summed E-state index contributed by atoms with van der Waals surface area (Å²) in [6.07, 6.45) is 0.832. The van der Waals surface area contributed by atoms with Crippen LogP contribution in [0.5, 0.6) is 0 Å². The summed E-state index contributed by atoms with van der Waals surface area (Å²) in [5, 5.41) is 0. The zero-order valence-corrected chi connectivity index (χ0v) is 8.05. The van der Waals surface area contributed by atoms with Crippen LogP contribution in [0.4, 0.5) is 0 Å². The maximum atomic E-state index is 11.1. The predicted octanol–water partition coefficient (Wildman–Crippen LogP) is 1.61. The minimum Gasteiger partial charge on any atom is -0.324 e. The standard InChI is InChI=1S/C10H12ClNO/c11-6-5-8-1-3-9(4-2-8)10(13)7-12/h1-4H,5-7,12H2. The number of nitrogens with two attached hydrogens (primary N) is 1. The quantitative estimate of drug-likeness (QED) is 0.589. The lowest BCUT2D eigenvalue weighted by atomic mass is 10.1. The van der Waals surface area contributed by atoms with Gasteiger partial charge in [0.25, 0.3) is 0 Å². The Morgan fingerprint density at radius 3 is 2.38 bits per heavy atom. The summed E-state index contributed by atoms with van der Waals surface area (Å²) in [6, 6.07) is 7.39. The highest BCUT2D eigenvalue weighted by molar-refractivity contribution is 6.18. The molecule has 70 valence electrons. The van der Waals surface area contributed by atoms with E-state index in [4.69, 9.17) is 17.3 Å². The Morgan fingerprint density at radius 2 is 1.92 bits per heavy atom. The zero-order valence-electron chi connectivity index (χ0n) is 7.29. The van der Waals surface area contributed by atoms with E-state index in [-0.39, 0.29) is 12.3 Å². The lowest BCUT2D eigenvalue weighted by molar-refractivity contribution is 0.100. The van der Waals surface area contributed by atoms with Crippen LogP contribution in [-0.2, 0) is 6.42 Å². The highest BCUT2D eigenvalue weighted by atomic mass is 35.5. The van der Waals surface area contributed by atoms with E-state index in [0.29, 0.717) is 11.4 Å². The van der Waals surface area contributed by atoms with E-state index in [1.165, 1.54) is 0 Å². The SMILES string of the molecule is NCC(=O)c1ccc(CCCl)cc1. The fourth-order valence-electron chi connectivity index (χ4n) is 1.08. The Hall–Kier alpha value is -0.860. The first kappa shape index (κ1) is 10.2. The summed E-state index contributed by atoms with van der Waals surface area (Å²) in [5.74, 6) is 0.571. The second-order valence-electron chi connectivity index (χ2n) is 2.76. The molecule has 0 atom stereocenters. The molecule has 3 heteroatoms. The van der Waals surface area contributed by atoms with Gasteiger partial charge in [0.05, 0.1) is 6.54 Å². The number of Topliss-reactive ketones (excluding diaryl/α,β-unsaturated/α-hetero) is 1. The smallest absolute Gasteiger partial charge is 0.176 e. The molecular weight excluding hydrogens is 186 g/mol. The molecule has 0 radical (unpaired) electrons. The number of carbonyl (C=O) groups excluding carboxylic acids is 1. The third kappa shape index (κ3) is 2.83. The molecule has 1 rings (SSSR count). The molecule has 0 unspecified atom stereocenters. The van der Waals surface area contributed by atoms with Crippen molar-refractivity contribution < 1.29 is 4.79 Å². The molecule has 1 aromatic rings. The molecule has 0 amide bonds. The van der Waals surface area contributed by atoms with Crippen molar-refractivity contribution in [3.63, 3.8) is 0 Å². The van der Waals surface area contributed by atoms with Gasteiger partial charge >= 0.3 is 0 Å². The molecule has 2 nitrogen and oxygen atoms in total. The number of benzene rings is 1. The van der Waals surface area contributed by atoms with Gasteiger partial charge in [-0.1, -0.05) is 24.3 Å². The van der Waals surface area contributed by atoms with Gasteiger partial charge in [0, 0.05) is 11.4 Å². The number of aryl methyl sites for hydroxylation is 1. The van der Waals surface area contributed by atoms with Gasteiger partial charge in [-0.3, -0.25) is 4.79 Å². The molecule has 0 aliphatic rings. The van der Waals surface area contributed by atoms with Gasteiger partial charge < -0.3 is 5.73 Å². The molecule has 1 aromatic carbocycles. The van der Waals surface area contributed by atoms with Crippen LogP contribution >= 0.6 is 11.6 Å². The van der Waals surface area contributed by atoms with Crippen LogP contribution in [-0.4, -0.2) is 18.2 Å². The van der Waals surface area contributed by atoms with Gasteiger partial charge in [-0.2, -0.15) is 0 Å². The van der Waals surface area contributed by atoms with Gasteiger partial charge in [-0.05, 0) is 12.0 Å². The first-order chi connectivity index (χ1) is 6.27. The maximum absolute atomic E-state index is 11.1. The second-order valence-corrected chi connectivity index (χ2v) is 3.14. The normalized spacial score (nSPS) is 10.0. The summed E-state index contributed by atoms with van der Waals surface area (Å²) < 4.78 is 0. The van der Waals surface area contributed by atoms with E-state index in [2.05, 4.69) is 0 Å². The number of alkyl halides is 1. The van der Waals surface area contributed by atoms with Crippen LogP contribution in [0.25, 0.3) is 0 Å². The fraction of sp³-hybridized carbons (Fsp3) is 0.300. The summed E-state index contributed by atoms with van der Waals surface area (Å²) in [5.41, 5.74) is 7.04. The fourth-order valence-corrected chi connectivity index (χ4v) is 1.30. The topological polar surface area (TPSA) is 43.1 Å². The van der Waals surface area contributed by atoms with Crippen molar-refractivity contribution in [2.45, 2.75) is 6.42 Å². The maximum Gasteiger partial charge on any atom is 0.176 e. The Morgan fingerprint density at radius 1 is 1.31 bits per heavy atom. The van der Waals surface area contributed by atoms with Gasteiger partial charge in [0.2, 0.25) is 0 Å². The molecule has 0 fully saturated rings. The molecule has 13 heavy (non-hydrogen) atoms. The molecule has 0 saturated heterocycles. The van der Waals surface area contributed by atoms with Crippen molar-refractivity contribution >= 4 is 17.4 Å². The van der Waals surface area contributed by atoms with Crippen LogP contribution in [0.15, 0.2) is 24.3 Å². The molecule has 0 aliphatic heterocycles. The lowest BCUT2D eigenvalue weighted by Crippen LogP contribution is -2.13. The monoisotopic (exact) mass is 197 g/mol. The minimum absolute atomic E-state index is 0.0302. The van der Waals surface area contributed by atoms with E-state index >= 15 is 0 Å². The van der Waals surface area contributed by atoms with Crippen LogP contribution in [0.2, 0.25) is 0 Å². The Balaban J connectivity index is 2.75. The minimum atomic E-state index is -0.0302. The van der Waals surface area contributed by atoms with Crippen molar-refractivity contribution in [1.29, 1.82) is 0 Å². The second kappa shape index (κ2) is 5.00. The van der Waals surface area contributed by atoms with Crippen molar-refractivity contribution in [2.24, 2.45) is 5.73 Å². The first-order valence-corrected chi connectivity index (χ1v) is 4.69. The van der Waals surface area contributed by atoms with E-state index in [9.17, 15) is 4.79 Å². The number of hydrogen-bond acceptors (Lipinski definition) is 2. The van der Waals surface area contributed by atoms with Gasteiger partial charge in [0.15, 0.2) is 5.78 Å². The lowest BCUT2D eigenvalue weighted by Gasteiger charge is -2.00. The highest BCUT2D eigenvalue weighted by Gasteiger charge is 2.01. The van der Waals surface area contributed by atoms with E-state index in [1.54, 1.807) is 12.1 Å². The largest absolute Gasteiger partial charge is 0.324 e. The van der Waals surface area contributed by atoms with E-state index in [0.717, 1.165) is 12.0 Å². The summed E-state index contributed by atoms with van der Waals surface area (Å²) in [7, 11) is 0. The van der Waals surface area contributed by atoms with E-state index < -0.39 is 0 Å². The molecular formula is C10H12ClNO. The average molecular weight is 198 g/mol. The van der Waals surface area contributed by atoms with Crippen LogP contribution in [0.1, 0.15) is 15.9 Å². The van der Waals surface area contributed by atoms with Crippen molar-refractivity contribution in [2.75, 3.05) is 12.4 Å². The Bertz CT molecular complexity index is 281. The molecule has 2 N–H and O–H groups in total. The highest BCUT2D eigenvalue weighted by Crippen LogP contribution is 2.06. The van der Waals surface area contributed by atoms with Gasteiger partial charge in [0.1, 0.15) is 0 Å². The Kier molecular flexibility index (Phi) is 3.93. The predicted molar refractivity (Wildman–Crippen MR) is 54.3 cm³/mol. The number of carbonyl (C=O) groups is 1. The number of hydrogen-bond donors (Lipinski definition) is 1. The van der Waals surface area contributed by atoms with Crippen molar-refractivity contribution in [3.05, 3.63) is 35.4 Å². The first-order valence-electron chi connectivity index (χ1n) is 4.16. The van der Waals surface area contributed by atoms with Crippen molar-refractivity contribution in [1.82, 2.24) is 0 Å². The Labute approximate surface area is 82.7 Å². The van der Waals surface area contributed by atoms with Crippen LogP contribution in [0, 0.1) is 0 Å². The molecule has 0 saturated carbocycles. The van der Waals surface area contributed by atoms with Crippen molar-refractivity contribution in [3.8, 4) is 0 Å². The molecule has 0 aliphatic carbocycles. The summed E-state index contributed by atoms with van der Waals surface area (Å²) >= 11 is 5.58. The summed E-state index contributed by atoms with van der Waals surface area (Å²) in [6.45, 7) is 0.0643. The molecule has 0 spiro atoms. The van der Waals surface area contributed by atoms with Crippen LogP contribution < -0.4 is 5.73 Å². The van der Waals surface area contributed by atoms with Crippen LogP contribution in [0.3, 0.4) is 0 Å². The summed E-state index contributed by atoms with van der Waals surface area (Å²) in [4.78, 5) is 11.1. The number of halogens is 1. The van der Waals surface area contributed by atoms with Gasteiger partial charge in [-0.25, -0.2) is 0 Å². The zero-order chi connectivity index (χ0) is 9.68. The molecule has 0 aromatic heterocycles. The average Bonchev–Trinajstić information content (AvgIpc) is 2.18. The van der Waals surface area contributed by atoms with Gasteiger partial charge in [-0.15, -0.1) is 11.6 Å². The third-order valence-electron chi connectivity index (χ3n) is 1.84. The van der Waals surface area contributed by atoms with E-state index in [1.807, 2.05) is 12.1 Å². The number of rotatable bonds is 4. The molecule has 0 heterocycles. The third-order valence-corrected chi connectivity index (χ3v) is 2.03. The number of ketones is 1.